The van der Waals surface area contributed by atoms with Crippen LogP contribution in [0.2, 0.25) is 0 Å². The average molecular weight is 885 g/mol. The number of hydrogen-bond acceptors (Lipinski definition) is 9. The fourth-order valence-electron chi connectivity index (χ4n) is 6.73. The molecule has 4 aromatic rings. The van der Waals surface area contributed by atoms with Crippen LogP contribution < -0.4 is 22.5 Å². The van der Waals surface area contributed by atoms with Crippen LogP contribution in [0.25, 0.3) is 5.65 Å². The lowest BCUT2D eigenvalue weighted by molar-refractivity contribution is 0.0825. The number of benzene rings is 2. The Hall–Kier alpha value is -4.48. The van der Waals surface area contributed by atoms with Gasteiger partial charge in [-0.2, -0.15) is 13.1 Å². The number of anilines is 1. The number of aromatic nitrogens is 4. The van der Waals surface area contributed by atoms with Gasteiger partial charge in [0, 0.05) is 62.6 Å². The normalized spacial score (nSPS) is 13.7. The molecule has 4 unspecified atom stereocenters. The number of carbonyl (C=O) groups excluding carboxylic acids is 2. The molecule has 0 radical (unpaired) electrons. The van der Waals surface area contributed by atoms with E-state index in [-0.39, 0.29) is 39.9 Å². The minimum absolute atomic E-state index is 0.0501. The minimum atomic E-state index is -2.19. The molecule has 2 aromatic heterocycles. The molecule has 4 rings (SSSR count). The number of rotatable bonds is 26. The van der Waals surface area contributed by atoms with E-state index in [2.05, 4.69) is 59.4 Å². The van der Waals surface area contributed by atoms with Crippen molar-refractivity contribution in [3.8, 4) is 17.2 Å². The highest BCUT2D eigenvalue weighted by Crippen LogP contribution is 2.33. The van der Waals surface area contributed by atoms with Gasteiger partial charge in [0.15, 0.2) is 23.0 Å². The zero-order chi connectivity index (χ0) is 44.7. The summed E-state index contributed by atoms with van der Waals surface area (Å²) in [7, 11) is 6.39. The van der Waals surface area contributed by atoms with Gasteiger partial charge in [-0.05, 0) is 56.0 Å². The first-order chi connectivity index (χ1) is 29.0. The van der Waals surface area contributed by atoms with E-state index in [1.54, 1.807) is 50.9 Å². The lowest BCUT2D eigenvalue weighted by Gasteiger charge is -2.20. The molecule has 0 saturated heterocycles. The highest BCUT2D eigenvalue weighted by molar-refractivity contribution is 7.82. The minimum Gasteiger partial charge on any atom is -0.489 e. The molecular formula is C44H68N8O7S2. The van der Waals surface area contributed by atoms with E-state index in [4.69, 9.17) is 13.1 Å². The van der Waals surface area contributed by atoms with Gasteiger partial charge in [-0.1, -0.05) is 98.8 Å². The predicted molar refractivity (Wildman–Crippen MR) is 243 cm³/mol. The van der Waals surface area contributed by atoms with Crippen LogP contribution in [-0.4, -0.2) is 84.6 Å². The summed E-state index contributed by atoms with van der Waals surface area (Å²) in [6.45, 7) is 13.0. The molecule has 17 heteroatoms. The van der Waals surface area contributed by atoms with Gasteiger partial charge in [0.2, 0.25) is 0 Å². The van der Waals surface area contributed by atoms with Gasteiger partial charge in [0.25, 0.3) is 23.1 Å². The van der Waals surface area contributed by atoms with Gasteiger partial charge in [0.1, 0.15) is 5.75 Å². The van der Waals surface area contributed by atoms with E-state index in [0.717, 1.165) is 31.4 Å². The summed E-state index contributed by atoms with van der Waals surface area (Å²) in [6.07, 6.45) is 14.1. The van der Waals surface area contributed by atoms with Crippen LogP contribution in [0.15, 0.2) is 42.5 Å². The standard InChI is InChI=1S/C44H68N8O7S2/c1-11-13-15-17-18-20-22-32(21-19-16-14-12-2)30-57-37-24-23-35(49-61(56)58-36-26-33(42(53)50(7)8)25-34(27-36)43(54)51(9)10)28-38(37)59-60(55)48-31(3)41-46-45-40-29-39(44(4,5)6)47-52(40)41/h23-29,31-32,47-49H,11-22,30H2,1-10H3. The molecule has 4 atom stereocenters. The van der Waals surface area contributed by atoms with Crippen molar-refractivity contribution < 1.29 is 31.1 Å². The third-order valence-corrected chi connectivity index (χ3v) is 11.9. The van der Waals surface area contributed by atoms with E-state index < -0.39 is 28.6 Å². The van der Waals surface area contributed by atoms with Crippen molar-refractivity contribution in [3.63, 3.8) is 0 Å². The highest BCUT2D eigenvalue weighted by Gasteiger charge is 2.24. The number of carbonyl (C=O) groups is 2. The first-order valence-electron chi connectivity index (χ1n) is 21.5. The Labute approximate surface area is 367 Å². The van der Waals surface area contributed by atoms with Crippen LogP contribution in [0.3, 0.4) is 0 Å². The summed E-state index contributed by atoms with van der Waals surface area (Å²) in [5.41, 5.74) is 2.20. The molecule has 0 aliphatic heterocycles. The molecule has 2 aromatic carbocycles. The first kappa shape index (κ1) is 49.2. The van der Waals surface area contributed by atoms with Crippen LogP contribution in [0.5, 0.6) is 17.2 Å². The van der Waals surface area contributed by atoms with Gasteiger partial charge in [-0.3, -0.25) is 19.4 Å². The Bertz CT molecular complexity index is 2040. The molecule has 0 fully saturated rings. The Morgan fingerprint density at radius 2 is 1.36 bits per heavy atom. The zero-order valence-electron chi connectivity index (χ0n) is 37.8. The van der Waals surface area contributed by atoms with E-state index in [1.165, 1.54) is 79.4 Å². The number of amides is 2. The number of aromatic amines is 1. The van der Waals surface area contributed by atoms with Crippen LogP contribution >= 0.6 is 0 Å². The van der Waals surface area contributed by atoms with Crippen molar-refractivity contribution in [1.29, 1.82) is 0 Å². The topological polar surface area (TPSA) is 172 Å². The van der Waals surface area contributed by atoms with Gasteiger partial charge in [-0.15, -0.1) is 10.2 Å². The van der Waals surface area contributed by atoms with Crippen molar-refractivity contribution >= 4 is 45.7 Å². The maximum absolute atomic E-state index is 13.7. The first-order valence-corrected chi connectivity index (χ1v) is 23.7. The number of hydrogen-bond donors (Lipinski definition) is 3. The molecule has 0 spiro atoms. The summed E-state index contributed by atoms with van der Waals surface area (Å²) >= 11 is -4.28. The molecule has 0 aliphatic carbocycles. The SMILES string of the molecule is CCCCCCCCC(CCCCCC)COc1ccc(NS(=O)Oc2cc(C(=O)N(C)C)cc(C(=O)N(C)C)c2)cc1OS(=O)NC(C)c1nnc2cc(C(C)(C)C)[nH]n12. The molecule has 338 valence electrons. The van der Waals surface area contributed by atoms with Gasteiger partial charge < -0.3 is 22.9 Å². The summed E-state index contributed by atoms with van der Waals surface area (Å²) in [5, 5.41) is 12.0. The molecule has 2 heterocycles. The smallest absolute Gasteiger partial charge is 0.316 e. The Morgan fingerprint density at radius 1 is 0.770 bits per heavy atom. The van der Waals surface area contributed by atoms with Crippen molar-refractivity contribution in [2.45, 2.75) is 130 Å². The molecule has 15 nitrogen and oxygen atoms in total. The molecule has 61 heavy (non-hydrogen) atoms. The summed E-state index contributed by atoms with van der Waals surface area (Å²) in [5.74, 6) is 0.749. The predicted octanol–water partition coefficient (Wildman–Crippen LogP) is 8.85. The van der Waals surface area contributed by atoms with Crippen LogP contribution in [0.4, 0.5) is 5.69 Å². The summed E-state index contributed by atoms with van der Waals surface area (Å²) in [4.78, 5) is 28.5. The van der Waals surface area contributed by atoms with Gasteiger partial charge >= 0.3 is 11.3 Å². The van der Waals surface area contributed by atoms with Crippen molar-refractivity contribution in [2.75, 3.05) is 39.5 Å². The second-order valence-corrected chi connectivity index (χ2v) is 18.9. The van der Waals surface area contributed by atoms with E-state index in [1.807, 2.05) is 13.0 Å². The zero-order valence-corrected chi connectivity index (χ0v) is 39.4. The molecule has 2 amide bonds. The number of nitrogens with zero attached hydrogens (tertiary/aromatic N) is 5. The number of fused-ring (bicyclic) bond motifs is 1. The van der Waals surface area contributed by atoms with Gasteiger partial charge in [0.05, 0.1) is 18.3 Å². The second-order valence-electron chi connectivity index (χ2n) is 17.1. The maximum Gasteiger partial charge on any atom is 0.316 e. The summed E-state index contributed by atoms with van der Waals surface area (Å²) in [6, 6.07) is 10.6. The maximum atomic E-state index is 13.7. The third kappa shape index (κ3) is 15.1. The molecular weight excluding hydrogens is 817 g/mol. The lowest BCUT2D eigenvalue weighted by Crippen LogP contribution is -2.27. The molecule has 0 aliphatic rings. The Kier molecular flexibility index (Phi) is 19.1. The Balaban J connectivity index is 1.56. The Morgan fingerprint density at radius 3 is 1.95 bits per heavy atom. The number of nitrogens with one attached hydrogen (secondary N) is 3. The van der Waals surface area contributed by atoms with E-state index in [9.17, 15) is 18.0 Å². The molecule has 3 N–H and O–H groups in total. The summed E-state index contributed by atoms with van der Waals surface area (Å²) < 4.78 is 52.9. The largest absolute Gasteiger partial charge is 0.489 e. The fraction of sp³-hybridized carbons (Fsp3) is 0.591. The number of H-pyrrole nitrogens is 1. The van der Waals surface area contributed by atoms with Crippen LogP contribution in [0, 0.1) is 5.92 Å². The van der Waals surface area contributed by atoms with Crippen LogP contribution in [-0.2, 0) is 27.9 Å². The second kappa shape index (κ2) is 23.7. The molecule has 0 bridgehead atoms. The van der Waals surface area contributed by atoms with Gasteiger partial charge in [-0.25, -0.2) is 4.52 Å². The number of ether oxygens (including phenoxy) is 1. The molecule has 0 saturated carbocycles. The number of unbranched alkanes of at least 4 members (excludes halogenated alkanes) is 8. The third-order valence-electron chi connectivity index (χ3n) is 10.3. The fourth-order valence-corrected chi connectivity index (χ4v) is 8.10. The van der Waals surface area contributed by atoms with E-state index in [0.29, 0.717) is 35.4 Å². The lowest BCUT2D eigenvalue weighted by atomic mass is 9.93. The van der Waals surface area contributed by atoms with Crippen molar-refractivity contribution in [3.05, 3.63) is 65.1 Å². The van der Waals surface area contributed by atoms with Crippen molar-refractivity contribution in [2.24, 2.45) is 5.92 Å². The van der Waals surface area contributed by atoms with E-state index >= 15 is 0 Å². The van der Waals surface area contributed by atoms with Crippen LogP contribution in [0.1, 0.15) is 157 Å². The highest BCUT2D eigenvalue weighted by atomic mass is 32.2. The quantitative estimate of drug-likeness (QED) is 0.0521. The average Bonchev–Trinajstić information content (AvgIpc) is 3.81. The monoisotopic (exact) mass is 884 g/mol. The van der Waals surface area contributed by atoms with Crippen molar-refractivity contribution in [1.82, 2.24) is 34.3 Å².